The lowest BCUT2D eigenvalue weighted by atomic mass is 10.0. The third-order valence-electron chi connectivity index (χ3n) is 3.87. The van der Waals surface area contributed by atoms with Gasteiger partial charge in [-0.2, -0.15) is 0 Å². The lowest BCUT2D eigenvalue weighted by Gasteiger charge is -2.04. The molecule has 0 fully saturated rings. The van der Waals surface area contributed by atoms with Gasteiger partial charge in [0.05, 0.1) is 0 Å². The first-order valence-electron chi connectivity index (χ1n) is 8.16. The minimum atomic E-state index is 0.440. The second kappa shape index (κ2) is 8.11. The van der Waals surface area contributed by atoms with Gasteiger partial charge in [-0.05, 0) is 34.7 Å². The summed E-state index contributed by atoms with van der Waals surface area (Å²) in [5, 5.41) is 3.94. The van der Waals surface area contributed by atoms with Crippen molar-refractivity contribution < 1.29 is 4.84 Å². The van der Waals surface area contributed by atoms with Crippen LogP contribution in [0.25, 0.3) is 11.1 Å². The molecule has 0 aliphatic heterocycles. The molecule has 0 N–H and O–H groups in total. The van der Waals surface area contributed by atoms with E-state index in [4.69, 9.17) is 4.84 Å². The minimum Gasteiger partial charge on any atom is -0.390 e. The molecule has 0 atom stereocenters. The number of rotatable bonds is 6. The molecule has 0 amide bonds. The average Bonchev–Trinajstić information content (AvgIpc) is 2.67. The Morgan fingerprint density at radius 2 is 1.54 bits per heavy atom. The predicted octanol–water partition coefficient (Wildman–Crippen LogP) is 5.34. The number of benzene rings is 3. The van der Waals surface area contributed by atoms with Crippen molar-refractivity contribution >= 4 is 6.21 Å². The molecule has 0 aliphatic rings. The third kappa shape index (κ3) is 4.32. The van der Waals surface area contributed by atoms with Crippen LogP contribution in [0, 0.1) is 0 Å². The maximum atomic E-state index is 5.36. The van der Waals surface area contributed by atoms with Crippen LogP contribution >= 0.6 is 0 Å². The third-order valence-corrected chi connectivity index (χ3v) is 3.87. The maximum Gasteiger partial charge on any atom is 0.142 e. The zero-order valence-corrected chi connectivity index (χ0v) is 13.8. The van der Waals surface area contributed by atoms with Crippen LogP contribution < -0.4 is 0 Å². The molecule has 0 saturated heterocycles. The van der Waals surface area contributed by atoms with Crippen LogP contribution in [0.2, 0.25) is 0 Å². The van der Waals surface area contributed by atoms with Crippen LogP contribution in [0.3, 0.4) is 0 Å². The van der Waals surface area contributed by atoms with E-state index in [-0.39, 0.29) is 0 Å². The fraction of sp³-hybridized carbons (Fsp3) is 0.136. The summed E-state index contributed by atoms with van der Waals surface area (Å²) in [5.41, 5.74) is 5.71. The summed E-state index contributed by atoms with van der Waals surface area (Å²) in [5.74, 6) is 0. The molecule has 1 radical (unpaired) electrons. The standard InChI is InChI=1S/C22H20NO/c1-2-18-7-6-8-20(15-18)16-23-24-17-19-11-13-22(14-12-19)21-9-4-3-5-10-21/h3-15H,2,17H2,1H3. The fourth-order valence-electron chi connectivity index (χ4n) is 2.48. The topological polar surface area (TPSA) is 21.6 Å². The normalized spacial score (nSPS) is 10.9. The SMILES string of the molecule is CCc1cccc(/[C]=N\OCc2ccc(-c3ccccc3)cc2)c1. The number of hydrogen-bond donors (Lipinski definition) is 0. The second-order valence-electron chi connectivity index (χ2n) is 5.59. The van der Waals surface area contributed by atoms with Crippen molar-refractivity contribution in [2.45, 2.75) is 20.0 Å². The van der Waals surface area contributed by atoms with Crippen molar-refractivity contribution in [1.82, 2.24) is 0 Å². The Bertz CT molecular complexity index is 792. The molecule has 119 valence electrons. The molecule has 0 aromatic heterocycles. The molecule has 3 rings (SSSR count). The maximum absolute atomic E-state index is 5.36. The highest BCUT2D eigenvalue weighted by Crippen LogP contribution is 2.19. The van der Waals surface area contributed by atoms with Crippen LogP contribution in [-0.4, -0.2) is 6.21 Å². The summed E-state index contributed by atoms with van der Waals surface area (Å²) in [6, 6.07) is 26.8. The first-order valence-corrected chi connectivity index (χ1v) is 8.16. The van der Waals surface area contributed by atoms with E-state index in [1.165, 1.54) is 16.7 Å². The number of hydrogen-bond acceptors (Lipinski definition) is 2. The quantitative estimate of drug-likeness (QED) is 0.444. The molecule has 24 heavy (non-hydrogen) atoms. The lowest BCUT2D eigenvalue weighted by Crippen LogP contribution is -1.89. The summed E-state index contributed by atoms with van der Waals surface area (Å²) in [6.45, 7) is 2.57. The van der Waals surface area contributed by atoms with E-state index in [0.717, 1.165) is 17.5 Å². The van der Waals surface area contributed by atoms with Crippen LogP contribution in [0.15, 0.2) is 84.0 Å². The molecule has 0 saturated carbocycles. The molecule has 2 nitrogen and oxygen atoms in total. The Morgan fingerprint density at radius 1 is 0.792 bits per heavy atom. The largest absolute Gasteiger partial charge is 0.390 e. The van der Waals surface area contributed by atoms with Gasteiger partial charge in [-0.25, -0.2) is 0 Å². The van der Waals surface area contributed by atoms with Gasteiger partial charge in [0, 0.05) is 5.56 Å². The summed E-state index contributed by atoms with van der Waals surface area (Å²) < 4.78 is 0. The zero-order chi connectivity index (χ0) is 16.6. The highest BCUT2D eigenvalue weighted by molar-refractivity contribution is 5.79. The minimum absolute atomic E-state index is 0.440. The Labute approximate surface area is 143 Å². The van der Waals surface area contributed by atoms with Crippen LogP contribution in [0.5, 0.6) is 0 Å². The van der Waals surface area contributed by atoms with E-state index in [9.17, 15) is 0 Å². The Kier molecular flexibility index (Phi) is 5.41. The molecule has 0 unspecified atom stereocenters. The van der Waals surface area contributed by atoms with Gasteiger partial charge >= 0.3 is 0 Å². The molecular formula is C22H20NO. The van der Waals surface area contributed by atoms with Crippen molar-refractivity contribution in [2.75, 3.05) is 0 Å². The zero-order valence-electron chi connectivity index (χ0n) is 13.8. The Balaban J connectivity index is 1.56. The lowest BCUT2D eigenvalue weighted by molar-refractivity contribution is 0.132. The van der Waals surface area contributed by atoms with Crippen LogP contribution in [0.4, 0.5) is 0 Å². The molecule has 2 heteroatoms. The molecular weight excluding hydrogens is 294 g/mol. The van der Waals surface area contributed by atoms with Crippen molar-refractivity contribution in [3.8, 4) is 11.1 Å². The Hall–Kier alpha value is -2.87. The van der Waals surface area contributed by atoms with Crippen molar-refractivity contribution in [1.29, 1.82) is 0 Å². The predicted molar refractivity (Wildman–Crippen MR) is 99.0 cm³/mol. The van der Waals surface area contributed by atoms with Gasteiger partial charge in [-0.1, -0.05) is 84.9 Å². The highest BCUT2D eigenvalue weighted by Gasteiger charge is 1.98. The number of nitrogens with zero attached hydrogens (tertiary/aromatic N) is 1. The van der Waals surface area contributed by atoms with Gasteiger partial charge in [-0.3, -0.25) is 0 Å². The fourth-order valence-corrected chi connectivity index (χ4v) is 2.48. The average molecular weight is 314 g/mol. The molecule has 0 heterocycles. The summed E-state index contributed by atoms with van der Waals surface area (Å²) >= 11 is 0. The first-order chi connectivity index (χ1) is 11.8. The molecule has 0 aliphatic carbocycles. The van der Waals surface area contributed by atoms with Gasteiger partial charge in [0.1, 0.15) is 12.8 Å². The van der Waals surface area contributed by atoms with Gasteiger partial charge in [0.15, 0.2) is 0 Å². The monoisotopic (exact) mass is 314 g/mol. The van der Waals surface area contributed by atoms with E-state index in [2.05, 4.69) is 66.8 Å². The highest BCUT2D eigenvalue weighted by atomic mass is 16.6. The smallest absolute Gasteiger partial charge is 0.142 e. The number of aryl methyl sites for hydroxylation is 1. The molecule has 3 aromatic rings. The van der Waals surface area contributed by atoms with Gasteiger partial charge in [0.2, 0.25) is 0 Å². The summed E-state index contributed by atoms with van der Waals surface area (Å²) in [6.07, 6.45) is 3.93. The Morgan fingerprint density at radius 3 is 2.29 bits per heavy atom. The van der Waals surface area contributed by atoms with E-state index in [0.29, 0.717) is 6.61 Å². The van der Waals surface area contributed by atoms with E-state index in [1.807, 2.05) is 30.3 Å². The second-order valence-corrected chi connectivity index (χ2v) is 5.59. The van der Waals surface area contributed by atoms with Crippen LogP contribution in [0.1, 0.15) is 23.6 Å². The summed E-state index contributed by atoms with van der Waals surface area (Å²) in [4.78, 5) is 5.36. The van der Waals surface area contributed by atoms with Crippen molar-refractivity contribution in [3.05, 3.63) is 95.6 Å². The molecule has 3 aromatic carbocycles. The van der Waals surface area contributed by atoms with E-state index >= 15 is 0 Å². The molecule has 0 spiro atoms. The van der Waals surface area contributed by atoms with E-state index < -0.39 is 0 Å². The van der Waals surface area contributed by atoms with Gasteiger partial charge < -0.3 is 4.84 Å². The molecule has 0 bridgehead atoms. The van der Waals surface area contributed by atoms with Crippen molar-refractivity contribution in [2.24, 2.45) is 5.16 Å². The van der Waals surface area contributed by atoms with Crippen molar-refractivity contribution in [3.63, 3.8) is 0 Å². The first kappa shape index (κ1) is 16.0. The van der Waals surface area contributed by atoms with Gasteiger partial charge in [0.25, 0.3) is 0 Å². The summed E-state index contributed by atoms with van der Waals surface area (Å²) in [7, 11) is 0. The van der Waals surface area contributed by atoms with Gasteiger partial charge in [-0.15, -0.1) is 0 Å². The van der Waals surface area contributed by atoms with Crippen LogP contribution in [-0.2, 0) is 17.9 Å². The van der Waals surface area contributed by atoms with E-state index in [1.54, 1.807) is 0 Å².